The second-order valence-corrected chi connectivity index (χ2v) is 6.78. The maximum absolute atomic E-state index is 11.5. The van der Waals surface area contributed by atoms with Crippen LogP contribution in [0.2, 0.25) is 0 Å². The summed E-state index contributed by atoms with van der Waals surface area (Å²) in [5, 5.41) is 0. The van der Waals surface area contributed by atoms with Gasteiger partial charge in [-0.25, -0.2) is 13.1 Å². The second-order valence-electron chi connectivity index (χ2n) is 3.97. The molecule has 1 N–H and O–H groups in total. The monoisotopic (exact) mass is 303 g/mol. The fourth-order valence-corrected chi connectivity index (χ4v) is 3.22. The van der Waals surface area contributed by atoms with Gasteiger partial charge in [0.15, 0.2) is 0 Å². The van der Waals surface area contributed by atoms with E-state index in [1.807, 2.05) is 30.3 Å². The summed E-state index contributed by atoms with van der Waals surface area (Å²) >= 11 is 1.47. The standard InChI is InChI=1S/C12H17NO4S2/c1-17-12(14)11(13-19(2,15)16)9-18-8-10-6-4-3-5-7-10/h3-7,11,13H,8-9H2,1-2H3/t11-/m0/s1. The molecule has 0 fully saturated rings. The number of hydrogen-bond acceptors (Lipinski definition) is 5. The largest absolute Gasteiger partial charge is 0.468 e. The van der Waals surface area contributed by atoms with Gasteiger partial charge in [0.1, 0.15) is 6.04 Å². The first-order valence-corrected chi connectivity index (χ1v) is 8.64. The smallest absolute Gasteiger partial charge is 0.324 e. The highest BCUT2D eigenvalue weighted by Crippen LogP contribution is 2.13. The molecule has 0 aliphatic heterocycles. The minimum Gasteiger partial charge on any atom is -0.468 e. The molecule has 1 rings (SSSR count). The van der Waals surface area contributed by atoms with Gasteiger partial charge >= 0.3 is 5.97 Å². The molecular formula is C12H17NO4S2. The predicted octanol–water partition coefficient (Wildman–Crippen LogP) is 1.01. The Morgan fingerprint density at radius 3 is 2.53 bits per heavy atom. The zero-order valence-corrected chi connectivity index (χ0v) is 12.5. The first-order valence-electron chi connectivity index (χ1n) is 5.59. The summed E-state index contributed by atoms with van der Waals surface area (Å²) in [5.41, 5.74) is 1.12. The third-order valence-electron chi connectivity index (χ3n) is 2.24. The molecule has 0 saturated carbocycles. The van der Waals surface area contributed by atoms with Gasteiger partial charge in [0.2, 0.25) is 10.0 Å². The van der Waals surface area contributed by atoms with Gasteiger partial charge in [-0.1, -0.05) is 30.3 Å². The SMILES string of the molecule is COC(=O)[C@H](CSCc1ccccc1)NS(C)(=O)=O. The number of rotatable bonds is 7. The van der Waals surface area contributed by atoms with Crippen LogP contribution in [0.3, 0.4) is 0 Å². The topological polar surface area (TPSA) is 72.5 Å². The van der Waals surface area contributed by atoms with Crippen LogP contribution in [0.1, 0.15) is 5.56 Å². The van der Waals surface area contributed by atoms with E-state index in [0.29, 0.717) is 11.5 Å². The van der Waals surface area contributed by atoms with E-state index in [-0.39, 0.29) is 0 Å². The normalized spacial score (nSPS) is 12.9. The number of ether oxygens (including phenoxy) is 1. The Balaban J connectivity index is 2.52. The van der Waals surface area contributed by atoms with Gasteiger partial charge in [-0.15, -0.1) is 0 Å². The van der Waals surface area contributed by atoms with E-state index < -0.39 is 22.0 Å². The van der Waals surface area contributed by atoms with E-state index in [1.54, 1.807) is 0 Å². The molecule has 0 saturated heterocycles. The summed E-state index contributed by atoms with van der Waals surface area (Å²) in [4.78, 5) is 11.5. The molecule has 1 atom stereocenters. The van der Waals surface area contributed by atoms with Crippen molar-refractivity contribution in [2.75, 3.05) is 19.1 Å². The lowest BCUT2D eigenvalue weighted by atomic mass is 10.2. The van der Waals surface area contributed by atoms with Crippen LogP contribution in [-0.2, 0) is 25.3 Å². The van der Waals surface area contributed by atoms with Gasteiger partial charge in [-0.2, -0.15) is 11.8 Å². The van der Waals surface area contributed by atoms with Gasteiger partial charge in [0.25, 0.3) is 0 Å². The maximum atomic E-state index is 11.5. The Labute approximate surface area is 117 Å². The van der Waals surface area contributed by atoms with Gasteiger partial charge in [-0.3, -0.25) is 4.79 Å². The van der Waals surface area contributed by atoms with Crippen molar-refractivity contribution in [1.29, 1.82) is 0 Å². The van der Waals surface area contributed by atoms with Crippen LogP contribution in [0, 0.1) is 0 Å². The molecule has 106 valence electrons. The van der Waals surface area contributed by atoms with Crippen molar-refractivity contribution in [2.45, 2.75) is 11.8 Å². The molecule has 5 nitrogen and oxygen atoms in total. The highest BCUT2D eigenvalue weighted by atomic mass is 32.2. The summed E-state index contributed by atoms with van der Waals surface area (Å²) in [6.07, 6.45) is 1.02. The Hall–Kier alpha value is -1.05. The average molecular weight is 303 g/mol. The molecule has 1 aromatic carbocycles. The molecule has 0 aromatic heterocycles. The molecule has 0 aliphatic carbocycles. The van der Waals surface area contributed by atoms with Crippen LogP contribution in [0.5, 0.6) is 0 Å². The number of esters is 1. The number of carbonyl (C=O) groups excluding carboxylic acids is 1. The average Bonchev–Trinajstić information content (AvgIpc) is 2.36. The summed E-state index contributed by atoms with van der Waals surface area (Å²) < 4.78 is 29.2. The Morgan fingerprint density at radius 1 is 1.37 bits per heavy atom. The van der Waals surface area contributed by atoms with Gasteiger partial charge < -0.3 is 4.74 Å². The van der Waals surface area contributed by atoms with Gasteiger partial charge in [0.05, 0.1) is 13.4 Å². The number of methoxy groups -OCH3 is 1. The van der Waals surface area contributed by atoms with Crippen LogP contribution in [0.25, 0.3) is 0 Å². The Morgan fingerprint density at radius 2 is 2.00 bits per heavy atom. The molecule has 0 unspecified atom stereocenters. The molecule has 1 aromatic rings. The van der Waals surface area contributed by atoms with Crippen molar-refractivity contribution in [3.63, 3.8) is 0 Å². The predicted molar refractivity (Wildman–Crippen MR) is 76.4 cm³/mol. The third kappa shape index (κ3) is 6.60. The van der Waals surface area contributed by atoms with E-state index in [9.17, 15) is 13.2 Å². The molecular weight excluding hydrogens is 286 g/mol. The number of sulfonamides is 1. The number of nitrogens with one attached hydrogen (secondary N) is 1. The van der Waals surface area contributed by atoms with E-state index in [4.69, 9.17) is 0 Å². The lowest BCUT2D eigenvalue weighted by Gasteiger charge is -2.14. The lowest BCUT2D eigenvalue weighted by Crippen LogP contribution is -2.42. The first kappa shape index (κ1) is 16.0. The summed E-state index contributed by atoms with van der Waals surface area (Å²) in [5.74, 6) is 0.458. The van der Waals surface area contributed by atoms with Crippen molar-refractivity contribution in [3.8, 4) is 0 Å². The summed E-state index contributed by atoms with van der Waals surface area (Å²) in [7, 11) is -2.20. The zero-order valence-electron chi connectivity index (χ0n) is 10.8. The molecule has 0 bridgehead atoms. The van der Waals surface area contributed by atoms with Crippen molar-refractivity contribution < 1.29 is 17.9 Å². The summed E-state index contributed by atoms with van der Waals surface area (Å²) in [6.45, 7) is 0. The second kappa shape index (κ2) is 7.52. The molecule has 7 heteroatoms. The van der Waals surface area contributed by atoms with Crippen LogP contribution in [0.4, 0.5) is 0 Å². The third-order valence-corrected chi connectivity index (χ3v) is 4.06. The van der Waals surface area contributed by atoms with E-state index in [1.165, 1.54) is 18.9 Å². The van der Waals surface area contributed by atoms with Crippen LogP contribution >= 0.6 is 11.8 Å². The highest BCUT2D eigenvalue weighted by Gasteiger charge is 2.22. The highest BCUT2D eigenvalue weighted by molar-refractivity contribution is 7.98. The van der Waals surface area contributed by atoms with Crippen molar-refractivity contribution in [3.05, 3.63) is 35.9 Å². The van der Waals surface area contributed by atoms with Gasteiger partial charge in [-0.05, 0) is 5.56 Å². The van der Waals surface area contributed by atoms with Crippen LogP contribution < -0.4 is 4.72 Å². The molecule has 0 amide bonds. The first-order chi connectivity index (χ1) is 8.92. The Bertz CT molecular complexity index is 502. The lowest BCUT2D eigenvalue weighted by molar-refractivity contribution is -0.141. The van der Waals surface area contributed by atoms with Crippen LogP contribution in [0.15, 0.2) is 30.3 Å². The fourth-order valence-electron chi connectivity index (χ4n) is 1.42. The maximum Gasteiger partial charge on any atom is 0.324 e. The van der Waals surface area contributed by atoms with E-state index in [0.717, 1.165) is 11.8 Å². The molecule has 0 aliphatic rings. The summed E-state index contributed by atoms with van der Waals surface area (Å²) in [6, 6.07) is 8.89. The van der Waals surface area contributed by atoms with Crippen molar-refractivity contribution in [2.24, 2.45) is 0 Å². The molecule has 0 spiro atoms. The number of benzene rings is 1. The quantitative estimate of drug-likeness (QED) is 0.761. The van der Waals surface area contributed by atoms with E-state index in [2.05, 4.69) is 9.46 Å². The minimum atomic E-state index is -3.44. The van der Waals surface area contributed by atoms with Crippen molar-refractivity contribution >= 4 is 27.8 Å². The molecule has 0 heterocycles. The molecule has 19 heavy (non-hydrogen) atoms. The van der Waals surface area contributed by atoms with E-state index >= 15 is 0 Å². The zero-order chi connectivity index (χ0) is 14.3. The van der Waals surface area contributed by atoms with Gasteiger partial charge in [0, 0.05) is 11.5 Å². The van der Waals surface area contributed by atoms with Crippen LogP contribution in [-0.4, -0.2) is 39.5 Å². The minimum absolute atomic E-state index is 0.328. The number of carbonyl (C=O) groups is 1. The number of hydrogen-bond donors (Lipinski definition) is 1. The number of thioether (sulfide) groups is 1. The molecule has 0 radical (unpaired) electrons. The van der Waals surface area contributed by atoms with Crippen molar-refractivity contribution in [1.82, 2.24) is 4.72 Å². The fraction of sp³-hybridized carbons (Fsp3) is 0.417. The Kier molecular flexibility index (Phi) is 6.33.